The van der Waals surface area contributed by atoms with Crippen molar-refractivity contribution in [1.29, 1.82) is 0 Å². The van der Waals surface area contributed by atoms with E-state index in [-0.39, 0.29) is 29.9 Å². The fraction of sp³-hybridized carbons (Fsp3) is 0.424. The number of nitrogens with one attached hydrogen (secondary N) is 1. The molecule has 2 aliphatic rings. The van der Waals surface area contributed by atoms with Crippen LogP contribution in [0.3, 0.4) is 0 Å². The summed E-state index contributed by atoms with van der Waals surface area (Å²) < 4.78 is 10.8. The topological polar surface area (TPSA) is 88.2 Å². The number of rotatable bonds is 9. The minimum Gasteiger partial charge on any atom is -0.497 e. The Labute approximate surface area is 251 Å². The van der Waals surface area contributed by atoms with Crippen molar-refractivity contribution < 1.29 is 23.9 Å². The largest absolute Gasteiger partial charge is 0.497 e. The molecule has 2 aliphatic heterocycles. The molecule has 2 amide bonds. The van der Waals surface area contributed by atoms with E-state index in [0.717, 1.165) is 10.4 Å². The zero-order chi connectivity index (χ0) is 29.8. The standard InChI is InChI=1S/C33H39N3O5S/c1-21(2)20-27(37)36-30(26-6-5-19-42-26)29(32(38)23-9-13-25(41-4)14-10-23)28(22-7-11-24(40-3)12-8-22)31(36)33(39)35-17-15-34-16-18-35/h5-14,19,21,28-31,34H,15-18,20H2,1-4H3. The summed E-state index contributed by atoms with van der Waals surface area (Å²) >= 11 is 1.51. The van der Waals surface area contributed by atoms with Gasteiger partial charge in [0.1, 0.15) is 17.5 Å². The number of thiophene rings is 1. The Balaban J connectivity index is 1.72. The van der Waals surface area contributed by atoms with Gasteiger partial charge < -0.3 is 24.6 Å². The van der Waals surface area contributed by atoms with Crippen molar-refractivity contribution in [3.05, 3.63) is 82.0 Å². The molecule has 42 heavy (non-hydrogen) atoms. The highest BCUT2D eigenvalue weighted by Crippen LogP contribution is 2.53. The number of benzene rings is 2. The maximum atomic E-state index is 14.7. The molecule has 2 fully saturated rings. The van der Waals surface area contributed by atoms with Crippen LogP contribution in [0.25, 0.3) is 0 Å². The van der Waals surface area contributed by atoms with E-state index >= 15 is 0 Å². The van der Waals surface area contributed by atoms with E-state index < -0.39 is 23.9 Å². The first-order chi connectivity index (χ1) is 20.3. The summed E-state index contributed by atoms with van der Waals surface area (Å²) in [6, 6.07) is 17.1. The molecule has 222 valence electrons. The molecule has 4 unspecified atom stereocenters. The molecule has 0 bridgehead atoms. The van der Waals surface area contributed by atoms with Crippen LogP contribution in [0.5, 0.6) is 11.5 Å². The first kappa shape index (κ1) is 29.8. The molecule has 0 spiro atoms. The summed E-state index contributed by atoms with van der Waals surface area (Å²) in [6.45, 7) is 6.49. The van der Waals surface area contributed by atoms with Gasteiger partial charge in [-0.3, -0.25) is 14.4 Å². The van der Waals surface area contributed by atoms with Gasteiger partial charge in [-0.1, -0.05) is 32.0 Å². The van der Waals surface area contributed by atoms with E-state index in [0.29, 0.717) is 43.2 Å². The molecule has 0 saturated carbocycles. The van der Waals surface area contributed by atoms with Crippen molar-refractivity contribution in [2.24, 2.45) is 11.8 Å². The van der Waals surface area contributed by atoms with Crippen molar-refractivity contribution in [3.8, 4) is 11.5 Å². The van der Waals surface area contributed by atoms with E-state index in [9.17, 15) is 14.4 Å². The van der Waals surface area contributed by atoms with Gasteiger partial charge in [0.2, 0.25) is 11.8 Å². The Hall–Kier alpha value is -3.69. The van der Waals surface area contributed by atoms with Crippen molar-refractivity contribution in [1.82, 2.24) is 15.1 Å². The van der Waals surface area contributed by atoms with Gasteiger partial charge >= 0.3 is 0 Å². The Bertz CT molecular complexity index is 1370. The molecule has 5 rings (SSSR count). The number of carbonyl (C=O) groups excluding carboxylic acids is 3. The zero-order valence-corrected chi connectivity index (χ0v) is 25.4. The summed E-state index contributed by atoms with van der Waals surface area (Å²) in [7, 11) is 3.20. The number of amides is 2. The number of likely N-dealkylation sites (tertiary alicyclic amines) is 1. The van der Waals surface area contributed by atoms with Crippen LogP contribution in [0, 0.1) is 11.8 Å². The molecule has 1 aromatic heterocycles. The minimum absolute atomic E-state index is 0.0900. The van der Waals surface area contributed by atoms with Crippen LogP contribution in [0.4, 0.5) is 0 Å². The van der Waals surface area contributed by atoms with Gasteiger partial charge in [0.25, 0.3) is 0 Å². The van der Waals surface area contributed by atoms with Crippen molar-refractivity contribution in [2.45, 2.75) is 38.3 Å². The lowest BCUT2D eigenvalue weighted by molar-refractivity contribution is -0.146. The molecular formula is C33H39N3O5S. The molecule has 8 nitrogen and oxygen atoms in total. The van der Waals surface area contributed by atoms with Crippen LogP contribution in [-0.2, 0) is 9.59 Å². The third-order valence-electron chi connectivity index (χ3n) is 8.23. The molecule has 0 radical (unpaired) electrons. The zero-order valence-electron chi connectivity index (χ0n) is 24.6. The van der Waals surface area contributed by atoms with Crippen LogP contribution in [0.1, 0.15) is 53.0 Å². The number of carbonyl (C=O) groups is 3. The van der Waals surface area contributed by atoms with Crippen molar-refractivity contribution >= 4 is 28.9 Å². The molecule has 0 aliphatic carbocycles. The van der Waals surface area contributed by atoms with E-state index in [4.69, 9.17) is 9.47 Å². The third-order valence-corrected chi connectivity index (χ3v) is 9.17. The number of nitrogens with zero attached hydrogens (tertiary/aromatic N) is 2. The predicted octanol–water partition coefficient (Wildman–Crippen LogP) is 4.78. The van der Waals surface area contributed by atoms with E-state index in [1.165, 1.54) is 11.3 Å². The molecule has 9 heteroatoms. The lowest BCUT2D eigenvalue weighted by Gasteiger charge is -2.36. The summed E-state index contributed by atoms with van der Waals surface area (Å²) in [6.07, 6.45) is 0.284. The second-order valence-electron chi connectivity index (χ2n) is 11.3. The monoisotopic (exact) mass is 589 g/mol. The molecule has 4 atom stereocenters. The van der Waals surface area contributed by atoms with E-state index in [2.05, 4.69) is 5.32 Å². The lowest BCUT2D eigenvalue weighted by Crippen LogP contribution is -2.55. The SMILES string of the molecule is COc1ccc(C(=O)C2C(c3ccc(OC)cc3)C(C(=O)N3CCNCC3)N(C(=O)CC(C)C)C2c2cccs2)cc1. The van der Waals surface area contributed by atoms with E-state index in [1.807, 2.05) is 60.5 Å². The summed E-state index contributed by atoms with van der Waals surface area (Å²) in [5, 5.41) is 5.28. The molecule has 3 aromatic rings. The van der Waals surface area contributed by atoms with Gasteiger partial charge in [0, 0.05) is 49.0 Å². The average Bonchev–Trinajstić information content (AvgIpc) is 3.67. The number of hydrogen-bond acceptors (Lipinski definition) is 7. The molecule has 1 N–H and O–H groups in total. The lowest BCUT2D eigenvalue weighted by atomic mass is 9.77. The van der Waals surface area contributed by atoms with Gasteiger partial charge in [-0.2, -0.15) is 0 Å². The van der Waals surface area contributed by atoms with Gasteiger partial charge in [-0.25, -0.2) is 0 Å². The Morgan fingerprint density at radius 2 is 1.55 bits per heavy atom. The maximum Gasteiger partial charge on any atom is 0.246 e. The average molecular weight is 590 g/mol. The summed E-state index contributed by atoms with van der Waals surface area (Å²) in [5.41, 5.74) is 1.35. The fourth-order valence-electron chi connectivity index (χ4n) is 6.27. The molecular weight excluding hydrogens is 550 g/mol. The van der Waals surface area contributed by atoms with E-state index in [1.54, 1.807) is 43.4 Å². The van der Waals surface area contributed by atoms with Crippen LogP contribution in [-0.4, -0.2) is 73.8 Å². The Morgan fingerprint density at radius 1 is 0.929 bits per heavy atom. The third kappa shape index (κ3) is 5.94. The smallest absolute Gasteiger partial charge is 0.246 e. The molecule has 2 aromatic carbocycles. The quantitative estimate of drug-likeness (QED) is 0.362. The Kier molecular flexibility index (Phi) is 9.28. The summed E-state index contributed by atoms with van der Waals surface area (Å²) in [5.74, 6) is -0.139. The van der Waals surface area contributed by atoms with Crippen molar-refractivity contribution in [3.63, 3.8) is 0 Å². The number of methoxy groups -OCH3 is 2. The highest BCUT2D eigenvalue weighted by molar-refractivity contribution is 7.10. The maximum absolute atomic E-state index is 14.7. The number of piperazine rings is 1. The first-order valence-electron chi connectivity index (χ1n) is 14.5. The number of Topliss-reactive ketones (excluding diaryl/α,β-unsaturated/α-hetero) is 1. The number of hydrogen-bond donors (Lipinski definition) is 1. The van der Waals surface area contributed by atoms with Crippen LogP contribution in [0.15, 0.2) is 66.0 Å². The normalized spacial score (nSPS) is 22.3. The predicted molar refractivity (Wildman–Crippen MR) is 163 cm³/mol. The van der Waals surface area contributed by atoms with Crippen molar-refractivity contribution in [2.75, 3.05) is 40.4 Å². The Morgan fingerprint density at radius 3 is 2.10 bits per heavy atom. The molecule has 3 heterocycles. The van der Waals surface area contributed by atoms with Gasteiger partial charge in [0.05, 0.1) is 26.2 Å². The van der Waals surface area contributed by atoms with Gasteiger partial charge in [0.15, 0.2) is 5.78 Å². The van der Waals surface area contributed by atoms with Crippen LogP contribution < -0.4 is 14.8 Å². The van der Waals surface area contributed by atoms with Crippen LogP contribution in [0.2, 0.25) is 0 Å². The minimum atomic E-state index is -0.831. The molecule has 2 saturated heterocycles. The summed E-state index contributed by atoms with van der Waals surface area (Å²) in [4.78, 5) is 48.0. The first-order valence-corrected chi connectivity index (χ1v) is 15.4. The van der Waals surface area contributed by atoms with Gasteiger partial charge in [-0.05, 0) is 59.3 Å². The number of ketones is 1. The number of ether oxygens (including phenoxy) is 2. The van der Waals surface area contributed by atoms with Gasteiger partial charge in [-0.15, -0.1) is 11.3 Å². The second kappa shape index (κ2) is 13.1. The highest BCUT2D eigenvalue weighted by atomic mass is 32.1. The second-order valence-corrected chi connectivity index (χ2v) is 12.3. The van der Waals surface area contributed by atoms with Crippen LogP contribution >= 0.6 is 11.3 Å². The highest BCUT2D eigenvalue weighted by Gasteiger charge is 2.58. The fourth-order valence-corrected chi connectivity index (χ4v) is 7.14.